The Balaban J connectivity index is 1.40. The number of aryl methyl sites for hydroxylation is 1. The quantitative estimate of drug-likeness (QED) is 0.738. The first kappa shape index (κ1) is 21.1. The lowest BCUT2D eigenvalue weighted by atomic mass is 9.82. The van der Waals surface area contributed by atoms with E-state index in [-0.39, 0.29) is 36.0 Å². The molecule has 1 amide bonds. The number of sulfonamides is 1. The summed E-state index contributed by atoms with van der Waals surface area (Å²) < 4.78 is 40.1. The molecule has 1 N–H and O–H groups in total. The van der Waals surface area contributed by atoms with E-state index in [2.05, 4.69) is 14.7 Å². The van der Waals surface area contributed by atoms with Gasteiger partial charge in [-0.1, -0.05) is 0 Å². The molecular weight excluding hydrogens is 420 g/mol. The van der Waals surface area contributed by atoms with Crippen LogP contribution in [0.5, 0.6) is 5.88 Å². The van der Waals surface area contributed by atoms with E-state index in [9.17, 15) is 13.2 Å². The molecule has 1 unspecified atom stereocenters. The van der Waals surface area contributed by atoms with E-state index in [1.54, 1.807) is 4.90 Å². The molecule has 2 bridgehead atoms. The van der Waals surface area contributed by atoms with Crippen LogP contribution in [0.3, 0.4) is 0 Å². The second kappa shape index (κ2) is 8.29. The molecule has 5 aliphatic rings. The topological polar surface area (TPSA) is 111 Å². The summed E-state index contributed by atoms with van der Waals surface area (Å²) in [5, 5.41) is -0.286. The number of aromatic nitrogens is 2. The second-order valence-electron chi connectivity index (χ2n) is 9.19. The van der Waals surface area contributed by atoms with Crippen LogP contribution in [0.4, 0.5) is 0 Å². The smallest absolute Gasteiger partial charge is 0.260 e. The average molecular weight is 451 g/mol. The Labute approximate surface area is 183 Å². The number of carbonyl (C=O) groups excluding carboxylic acids is 1. The molecule has 2 saturated carbocycles. The maximum Gasteiger partial charge on any atom is 0.260 e. The van der Waals surface area contributed by atoms with Crippen LogP contribution in [0.15, 0.2) is 6.33 Å². The molecule has 31 heavy (non-hydrogen) atoms. The number of hydrogen-bond donors (Lipinski definition) is 1. The van der Waals surface area contributed by atoms with E-state index < -0.39 is 10.0 Å². The molecule has 3 aliphatic heterocycles. The summed E-state index contributed by atoms with van der Waals surface area (Å²) in [7, 11) is -3.34. The Bertz CT molecular complexity index is 943. The monoisotopic (exact) mass is 450 g/mol. The first-order valence-electron chi connectivity index (χ1n) is 11.3. The molecule has 1 saturated heterocycles. The molecule has 0 spiro atoms. The fraction of sp³-hybridized carbons (Fsp3) is 0.762. The predicted octanol–water partition coefficient (Wildman–Crippen LogP) is 1.27. The third-order valence-electron chi connectivity index (χ3n) is 7.11. The van der Waals surface area contributed by atoms with E-state index in [1.165, 1.54) is 6.33 Å². The lowest BCUT2D eigenvalue weighted by Crippen LogP contribution is -2.51. The van der Waals surface area contributed by atoms with Gasteiger partial charge in [0.25, 0.3) is 5.91 Å². The summed E-state index contributed by atoms with van der Waals surface area (Å²) in [6.45, 7) is 2.65. The lowest BCUT2D eigenvalue weighted by molar-refractivity contribution is -0.136. The number of rotatable bonds is 3. The van der Waals surface area contributed by atoms with Gasteiger partial charge in [-0.25, -0.2) is 23.1 Å². The molecular formula is C21H30N4O5S. The van der Waals surface area contributed by atoms with Crippen molar-refractivity contribution in [1.82, 2.24) is 19.6 Å². The number of ether oxygens (including phenoxy) is 2. The van der Waals surface area contributed by atoms with E-state index in [4.69, 9.17) is 9.47 Å². The van der Waals surface area contributed by atoms with Crippen molar-refractivity contribution in [2.75, 3.05) is 19.8 Å². The molecule has 1 aromatic heterocycles. The zero-order chi connectivity index (χ0) is 21.6. The van der Waals surface area contributed by atoms with Crippen LogP contribution in [-0.2, 0) is 19.6 Å². The summed E-state index contributed by atoms with van der Waals surface area (Å²) in [6, 6.07) is -0.650. The Kier molecular flexibility index (Phi) is 5.64. The number of carbonyl (C=O) groups is 1. The van der Waals surface area contributed by atoms with Crippen molar-refractivity contribution in [1.29, 1.82) is 0 Å². The zero-order valence-electron chi connectivity index (χ0n) is 17.8. The van der Waals surface area contributed by atoms with Crippen molar-refractivity contribution in [2.24, 2.45) is 0 Å². The normalized spacial score (nSPS) is 31.8. The van der Waals surface area contributed by atoms with E-state index >= 15 is 0 Å². The van der Waals surface area contributed by atoms with Crippen molar-refractivity contribution >= 4 is 15.9 Å². The summed E-state index contributed by atoms with van der Waals surface area (Å²) in [4.78, 5) is 23.5. The lowest BCUT2D eigenvalue weighted by Gasteiger charge is -2.32. The van der Waals surface area contributed by atoms with Gasteiger partial charge in [-0.05, 0) is 57.8 Å². The highest BCUT2D eigenvalue weighted by Crippen LogP contribution is 2.39. The Morgan fingerprint density at radius 1 is 1.10 bits per heavy atom. The van der Waals surface area contributed by atoms with Crippen molar-refractivity contribution in [3.63, 3.8) is 0 Å². The standard InChI is InChI=1S/C21H30N4O5S/c1-13-20-14-2-4-15(5-3-14)29-10-18-17(24-31(27,28)16-6-7-16)8-9-25(18)19(26)11-30-21(20)23-12-22-13/h12,14-18,24H,2-11H2,1H3/t14?,15?,17-,18?/m0/s1. The SMILES string of the molecule is Cc1ncnc2c1C1CCC(CC1)OCC1[C@@H](NS(=O)(=O)C3CC3)CCN1C(=O)CO2. The van der Waals surface area contributed by atoms with Crippen LogP contribution in [0.1, 0.15) is 62.1 Å². The molecule has 10 heteroatoms. The Morgan fingerprint density at radius 2 is 1.87 bits per heavy atom. The second-order valence-corrected chi connectivity index (χ2v) is 11.2. The van der Waals surface area contributed by atoms with E-state index in [0.29, 0.717) is 44.2 Å². The minimum atomic E-state index is -3.34. The van der Waals surface area contributed by atoms with Gasteiger partial charge in [-0.3, -0.25) is 4.79 Å². The molecule has 3 fully saturated rings. The minimum absolute atomic E-state index is 0.115. The van der Waals surface area contributed by atoms with E-state index in [1.807, 2.05) is 6.92 Å². The number of nitrogens with one attached hydrogen (secondary N) is 1. The third-order valence-corrected chi connectivity index (χ3v) is 9.09. The predicted molar refractivity (Wildman–Crippen MR) is 112 cm³/mol. The Hall–Kier alpha value is -1.78. The molecule has 2 aliphatic carbocycles. The van der Waals surface area contributed by atoms with Gasteiger partial charge in [0.15, 0.2) is 6.61 Å². The largest absolute Gasteiger partial charge is 0.467 e. The van der Waals surface area contributed by atoms with Gasteiger partial charge in [-0.15, -0.1) is 0 Å². The molecule has 0 radical (unpaired) electrons. The van der Waals surface area contributed by atoms with Crippen LogP contribution < -0.4 is 9.46 Å². The summed E-state index contributed by atoms with van der Waals surface area (Å²) in [5.41, 5.74) is 1.89. The zero-order valence-corrected chi connectivity index (χ0v) is 18.6. The van der Waals surface area contributed by atoms with Crippen LogP contribution in [0.25, 0.3) is 0 Å². The maximum atomic E-state index is 13.1. The third kappa shape index (κ3) is 4.29. The van der Waals surface area contributed by atoms with Gasteiger partial charge in [0.1, 0.15) is 6.33 Å². The summed E-state index contributed by atoms with van der Waals surface area (Å²) in [5.74, 6) is 0.617. The van der Waals surface area contributed by atoms with Crippen LogP contribution in [-0.4, -0.2) is 72.4 Å². The van der Waals surface area contributed by atoms with Crippen molar-refractivity contribution < 1.29 is 22.7 Å². The molecule has 9 nitrogen and oxygen atoms in total. The van der Waals surface area contributed by atoms with Gasteiger partial charge in [0, 0.05) is 23.8 Å². The van der Waals surface area contributed by atoms with Crippen molar-refractivity contribution in [2.45, 2.75) is 81.2 Å². The first-order chi connectivity index (χ1) is 14.9. The molecule has 4 heterocycles. The highest BCUT2D eigenvalue weighted by atomic mass is 32.2. The number of amides is 1. The number of hydrogen-bond acceptors (Lipinski definition) is 7. The van der Waals surface area contributed by atoms with Gasteiger partial charge in [-0.2, -0.15) is 0 Å². The summed E-state index contributed by atoms with van der Waals surface area (Å²) in [6.07, 6.45) is 7.33. The van der Waals surface area contributed by atoms with Crippen molar-refractivity contribution in [3.05, 3.63) is 17.6 Å². The molecule has 6 rings (SSSR count). The number of fused-ring (bicyclic) bond motifs is 5. The fourth-order valence-corrected chi connectivity index (χ4v) is 6.85. The molecule has 1 aromatic rings. The van der Waals surface area contributed by atoms with Crippen LogP contribution in [0.2, 0.25) is 0 Å². The first-order valence-corrected chi connectivity index (χ1v) is 12.8. The Morgan fingerprint density at radius 3 is 2.61 bits per heavy atom. The van der Waals surface area contributed by atoms with Gasteiger partial charge >= 0.3 is 0 Å². The van der Waals surface area contributed by atoms with Gasteiger partial charge in [0.2, 0.25) is 15.9 Å². The van der Waals surface area contributed by atoms with E-state index in [0.717, 1.165) is 36.9 Å². The van der Waals surface area contributed by atoms with Crippen LogP contribution in [0, 0.1) is 6.92 Å². The highest BCUT2D eigenvalue weighted by Gasteiger charge is 2.44. The maximum absolute atomic E-state index is 13.1. The molecule has 170 valence electrons. The fourth-order valence-electron chi connectivity index (χ4n) is 5.21. The summed E-state index contributed by atoms with van der Waals surface area (Å²) >= 11 is 0. The molecule has 0 aromatic carbocycles. The molecule has 2 atom stereocenters. The van der Waals surface area contributed by atoms with Gasteiger partial charge < -0.3 is 14.4 Å². The van der Waals surface area contributed by atoms with Crippen molar-refractivity contribution in [3.8, 4) is 5.88 Å². The minimum Gasteiger partial charge on any atom is -0.467 e. The van der Waals surface area contributed by atoms with Gasteiger partial charge in [0.05, 0.1) is 24.0 Å². The average Bonchev–Trinajstić information content (AvgIpc) is 3.54. The highest BCUT2D eigenvalue weighted by molar-refractivity contribution is 7.90. The van der Waals surface area contributed by atoms with Crippen LogP contribution >= 0.6 is 0 Å². The number of nitrogens with zero attached hydrogens (tertiary/aromatic N) is 3.